The van der Waals surface area contributed by atoms with E-state index in [1.54, 1.807) is 18.3 Å². The molecule has 1 atom stereocenters. The van der Waals surface area contributed by atoms with Crippen LogP contribution in [0.3, 0.4) is 0 Å². The van der Waals surface area contributed by atoms with Crippen LogP contribution in [0, 0.1) is 0 Å². The summed E-state index contributed by atoms with van der Waals surface area (Å²) in [5.41, 5.74) is 0. The van der Waals surface area contributed by atoms with Crippen LogP contribution in [0.5, 0.6) is 0 Å². The van der Waals surface area contributed by atoms with Crippen LogP contribution in [-0.2, 0) is 14.6 Å². The van der Waals surface area contributed by atoms with Gasteiger partial charge in [-0.2, -0.15) is 0 Å². The molecule has 1 aromatic heterocycles. The molecular weight excluding hydrogens is 302 g/mol. The highest BCUT2D eigenvalue weighted by atomic mass is 32.2. The molecule has 0 aromatic carbocycles. The predicted molar refractivity (Wildman–Crippen MR) is 87.1 cm³/mol. The average Bonchev–Trinajstić information content (AvgIpc) is 2.48. The van der Waals surface area contributed by atoms with Gasteiger partial charge in [-0.25, -0.2) is 13.4 Å². The van der Waals surface area contributed by atoms with Crippen LogP contribution in [0.4, 0.5) is 5.82 Å². The maximum absolute atomic E-state index is 11.9. The molecule has 1 aliphatic heterocycles. The van der Waals surface area contributed by atoms with Gasteiger partial charge in [0, 0.05) is 51.3 Å². The van der Waals surface area contributed by atoms with Crippen molar-refractivity contribution in [3.8, 4) is 0 Å². The molecule has 1 fully saturated rings. The normalized spacial score (nSPS) is 20.3. The number of aromatic nitrogens is 1. The second-order valence-electron chi connectivity index (χ2n) is 5.63. The highest BCUT2D eigenvalue weighted by Gasteiger charge is 2.27. The minimum absolute atomic E-state index is 0.310. The zero-order valence-electron chi connectivity index (χ0n) is 13.5. The van der Waals surface area contributed by atoms with Crippen LogP contribution in [0.25, 0.3) is 0 Å². The summed E-state index contributed by atoms with van der Waals surface area (Å²) >= 11 is 0. The lowest BCUT2D eigenvalue weighted by molar-refractivity contribution is 0.0924. The fourth-order valence-electron chi connectivity index (χ4n) is 2.76. The molecule has 0 amide bonds. The Morgan fingerprint density at radius 1 is 1.41 bits per heavy atom. The minimum atomic E-state index is -3.27. The van der Waals surface area contributed by atoms with Crippen molar-refractivity contribution < 1.29 is 13.2 Å². The van der Waals surface area contributed by atoms with Crippen molar-refractivity contribution in [2.75, 3.05) is 50.5 Å². The third kappa shape index (κ3) is 4.18. The lowest BCUT2D eigenvalue weighted by Gasteiger charge is -2.40. The lowest BCUT2D eigenvalue weighted by atomic mass is 10.2. The molecule has 2 heterocycles. The summed E-state index contributed by atoms with van der Waals surface area (Å²) < 4.78 is 29.3. The number of anilines is 1. The first kappa shape index (κ1) is 17.2. The van der Waals surface area contributed by atoms with Gasteiger partial charge in [0.25, 0.3) is 0 Å². The third-order valence-electron chi connectivity index (χ3n) is 3.94. The summed E-state index contributed by atoms with van der Waals surface area (Å²) in [4.78, 5) is 9.06. The number of rotatable bonds is 6. The Morgan fingerprint density at radius 3 is 2.82 bits per heavy atom. The maximum Gasteiger partial charge on any atom is 0.179 e. The molecule has 0 aliphatic carbocycles. The molecule has 0 saturated carbocycles. The maximum atomic E-state index is 11.9. The van der Waals surface area contributed by atoms with E-state index >= 15 is 0 Å². The van der Waals surface area contributed by atoms with E-state index < -0.39 is 9.84 Å². The van der Waals surface area contributed by atoms with Gasteiger partial charge in [0.1, 0.15) is 10.7 Å². The van der Waals surface area contributed by atoms with Gasteiger partial charge in [-0.15, -0.1) is 0 Å². The summed E-state index contributed by atoms with van der Waals surface area (Å²) in [5.74, 6) is 0.571. The van der Waals surface area contributed by atoms with Crippen LogP contribution in [0.2, 0.25) is 0 Å². The Labute approximate surface area is 133 Å². The van der Waals surface area contributed by atoms with E-state index in [4.69, 9.17) is 4.74 Å². The Hall–Kier alpha value is -1.18. The van der Waals surface area contributed by atoms with Crippen molar-refractivity contribution in [2.24, 2.45) is 0 Å². The highest BCUT2D eigenvalue weighted by molar-refractivity contribution is 7.90. The summed E-state index contributed by atoms with van der Waals surface area (Å²) in [6, 6.07) is 3.63. The zero-order chi connectivity index (χ0) is 16.2. The van der Waals surface area contributed by atoms with E-state index in [0.717, 1.165) is 39.4 Å². The van der Waals surface area contributed by atoms with E-state index in [2.05, 4.69) is 21.7 Å². The molecule has 1 unspecified atom stereocenters. The van der Waals surface area contributed by atoms with Crippen LogP contribution < -0.4 is 4.90 Å². The van der Waals surface area contributed by atoms with Gasteiger partial charge >= 0.3 is 0 Å². The van der Waals surface area contributed by atoms with Gasteiger partial charge in [0.15, 0.2) is 9.84 Å². The van der Waals surface area contributed by atoms with Gasteiger partial charge in [0.05, 0.1) is 6.61 Å². The number of sulfone groups is 1. The molecule has 0 bridgehead atoms. The second-order valence-corrected chi connectivity index (χ2v) is 7.61. The molecule has 6 nitrogen and oxygen atoms in total. The molecule has 1 aliphatic rings. The van der Waals surface area contributed by atoms with Gasteiger partial charge < -0.3 is 9.64 Å². The number of hydrogen-bond acceptors (Lipinski definition) is 6. The Balaban J connectivity index is 2.08. The SMILES string of the molecule is CCOCCN1CCN(c2ncccc2S(C)(=O)=O)CC1C. The first-order chi connectivity index (χ1) is 10.4. The van der Waals surface area contributed by atoms with E-state index in [9.17, 15) is 8.42 Å². The van der Waals surface area contributed by atoms with Crippen molar-refractivity contribution in [1.82, 2.24) is 9.88 Å². The third-order valence-corrected chi connectivity index (χ3v) is 5.06. The summed E-state index contributed by atoms with van der Waals surface area (Å²) in [6.45, 7) is 8.95. The summed E-state index contributed by atoms with van der Waals surface area (Å²) in [7, 11) is -3.27. The monoisotopic (exact) mass is 327 g/mol. The Bertz CT molecular complexity index is 591. The molecular formula is C15H25N3O3S. The van der Waals surface area contributed by atoms with Crippen LogP contribution in [-0.4, -0.2) is 70.0 Å². The molecule has 1 saturated heterocycles. The first-order valence-corrected chi connectivity index (χ1v) is 9.54. The molecule has 0 radical (unpaired) electrons. The van der Waals surface area contributed by atoms with Gasteiger partial charge in [-0.1, -0.05) is 0 Å². The van der Waals surface area contributed by atoms with Crippen molar-refractivity contribution in [3.63, 3.8) is 0 Å². The van der Waals surface area contributed by atoms with E-state index in [1.807, 2.05) is 6.92 Å². The molecule has 1 aromatic rings. The van der Waals surface area contributed by atoms with Gasteiger partial charge in [0.2, 0.25) is 0 Å². The number of ether oxygens (including phenoxy) is 1. The van der Waals surface area contributed by atoms with Crippen LogP contribution >= 0.6 is 0 Å². The smallest absolute Gasteiger partial charge is 0.179 e. The molecule has 124 valence electrons. The molecule has 7 heteroatoms. The van der Waals surface area contributed by atoms with Crippen LogP contribution in [0.15, 0.2) is 23.2 Å². The van der Waals surface area contributed by atoms with E-state index in [1.165, 1.54) is 6.26 Å². The van der Waals surface area contributed by atoms with Gasteiger partial charge in [-0.05, 0) is 26.0 Å². The zero-order valence-corrected chi connectivity index (χ0v) is 14.3. The summed E-state index contributed by atoms with van der Waals surface area (Å²) in [6.07, 6.45) is 2.88. The Kier molecular flexibility index (Phi) is 5.77. The highest BCUT2D eigenvalue weighted by Crippen LogP contribution is 2.24. The van der Waals surface area contributed by atoms with Crippen molar-refractivity contribution in [2.45, 2.75) is 24.8 Å². The number of nitrogens with zero attached hydrogens (tertiary/aromatic N) is 3. The molecule has 0 spiro atoms. The quantitative estimate of drug-likeness (QED) is 0.727. The predicted octanol–water partition coefficient (Wildman–Crippen LogP) is 1.03. The van der Waals surface area contributed by atoms with Crippen LogP contribution in [0.1, 0.15) is 13.8 Å². The fourth-order valence-corrected chi connectivity index (χ4v) is 3.59. The Morgan fingerprint density at radius 2 is 2.18 bits per heavy atom. The first-order valence-electron chi connectivity index (χ1n) is 7.65. The molecule has 2 rings (SSSR count). The lowest BCUT2D eigenvalue weighted by Crippen LogP contribution is -2.53. The fraction of sp³-hybridized carbons (Fsp3) is 0.667. The van der Waals surface area contributed by atoms with E-state index in [-0.39, 0.29) is 0 Å². The van der Waals surface area contributed by atoms with Crippen molar-refractivity contribution in [3.05, 3.63) is 18.3 Å². The molecule has 22 heavy (non-hydrogen) atoms. The number of hydrogen-bond donors (Lipinski definition) is 0. The topological polar surface area (TPSA) is 62.7 Å². The van der Waals surface area contributed by atoms with Crippen molar-refractivity contribution in [1.29, 1.82) is 0 Å². The molecule has 0 N–H and O–H groups in total. The van der Waals surface area contributed by atoms with E-state index in [0.29, 0.717) is 16.8 Å². The van der Waals surface area contributed by atoms with Crippen molar-refractivity contribution >= 4 is 15.7 Å². The second kappa shape index (κ2) is 7.39. The average molecular weight is 327 g/mol. The largest absolute Gasteiger partial charge is 0.380 e. The summed E-state index contributed by atoms with van der Waals surface area (Å²) in [5, 5.41) is 0. The number of pyridine rings is 1. The van der Waals surface area contributed by atoms with Gasteiger partial charge in [-0.3, -0.25) is 4.90 Å². The minimum Gasteiger partial charge on any atom is -0.380 e. The standard InChI is InChI=1S/C15H25N3O3S/c1-4-21-11-10-17-8-9-18(12-13(17)2)15-14(22(3,19)20)6-5-7-16-15/h5-7,13H,4,8-12H2,1-3H3. The number of piperazine rings is 1.